The molecule has 2 aromatic rings. The Morgan fingerprint density at radius 2 is 1.18 bits per heavy atom. The van der Waals surface area contributed by atoms with E-state index in [0.29, 0.717) is 23.2 Å². The van der Waals surface area contributed by atoms with Crippen molar-refractivity contribution in [1.29, 1.82) is 0 Å². The van der Waals surface area contributed by atoms with Crippen molar-refractivity contribution in [3.63, 3.8) is 0 Å². The number of carbonyl (C=O) groups is 2. The third-order valence-corrected chi connectivity index (χ3v) is 4.63. The molecule has 2 aromatic carbocycles. The zero-order chi connectivity index (χ0) is 15.4. The van der Waals surface area contributed by atoms with Crippen molar-refractivity contribution in [3.8, 4) is 0 Å². The lowest BCUT2D eigenvalue weighted by molar-refractivity contribution is 0.0866. The van der Waals surface area contributed by atoms with Crippen molar-refractivity contribution in [2.45, 2.75) is 25.9 Å². The van der Waals surface area contributed by atoms with Crippen LogP contribution in [0.4, 0.5) is 0 Å². The Labute approximate surface area is 129 Å². The smallest absolute Gasteiger partial charge is 0.254 e. The summed E-state index contributed by atoms with van der Waals surface area (Å²) < 4.78 is 0. The van der Waals surface area contributed by atoms with Gasteiger partial charge in [-0.3, -0.25) is 9.59 Å². The molecule has 0 aliphatic carbocycles. The topological polar surface area (TPSA) is 40.2 Å². The van der Waals surface area contributed by atoms with E-state index in [2.05, 4.69) is 0 Å². The molecule has 0 bridgehead atoms. The zero-order valence-corrected chi connectivity index (χ0v) is 12.7. The molecule has 2 unspecified atom stereocenters. The van der Waals surface area contributed by atoms with E-state index in [1.165, 1.54) is 0 Å². The number of benzene rings is 2. The molecule has 2 saturated heterocycles. The summed E-state index contributed by atoms with van der Waals surface area (Å²) >= 11 is 0. The Morgan fingerprint density at radius 3 is 1.50 bits per heavy atom. The van der Waals surface area contributed by atoms with E-state index in [1.54, 1.807) is 12.1 Å². The van der Waals surface area contributed by atoms with Gasteiger partial charge in [0.15, 0.2) is 0 Å². The van der Waals surface area contributed by atoms with Gasteiger partial charge in [0.1, 0.15) is 0 Å². The van der Waals surface area contributed by atoms with E-state index >= 15 is 0 Å². The molecular weight excluding hydrogens is 276 g/mol. The highest BCUT2D eigenvalue weighted by atomic mass is 16.2. The Hall–Kier alpha value is -2.36. The van der Waals surface area contributed by atoms with Crippen LogP contribution in [0.3, 0.4) is 0 Å². The molecule has 0 radical (unpaired) electrons. The van der Waals surface area contributed by atoms with Crippen LogP contribution in [-0.2, 0) is 0 Å². The molecule has 0 aromatic heterocycles. The van der Waals surface area contributed by atoms with Crippen molar-refractivity contribution < 1.29 is 9.59 Å². The van der Waals surface area contributed by atoms with Gasteiger partial charge < -0.3 is 9.80 Å². The normalized spacial score (nSPS) is 22.8. The molecule has 112 valence electrons. The summed E-state index contributed by atoms with van der Waals surface area (Å²) in [6, 6.07) is 11.9. The maximum Gasteiger partial charge on any atom is 0.254 e. The minimum absolute atomic E-state index is 0.0581. The summed E-state index contributed by atoms with van der Waals surface area (Å²) in [5.74, 6) is 0.116. The third kappa shape index (κ3) is 1.98. The molecule has 2 aliphatic rings. The lowest BCUT2D eigenvalue weighted by atomic mass is 9.98. The van der Waals surface area contributed by atoms with Crippen molar-refractivity contribution in [2.75, 3.05) is 13.1 Å². The summed E-state index contributed by atoms with van der Waals surface area (Å²) in [6.45, 7) is 5.72. The first-order valence-electron chi connectivity index (χ1n) is 7.71. The fraction of sp³-hybridized carbons (Fsp3) is 0.333. The second-order valence-corrected chi connectivity index (χ2v) is 6.32. The first-order chi connectivity index (χ1) is 10.6. The standard InChI is InChI=1S/C18H18N2O2/c1-11-9-19(11)17(21)15-7-8-16(18(22)20-10-12(20)2)14-6-4-3-5-13(14)15/h3-8,11-12H,9-10H2,1-2H3. The van der Waals surface area contributed by atoms with E-state index in [0.717, 1.165) is 23.9 Å². The SMILES string of the molecule is CC1CN1C(=O)c1ccc(C(=O)N2CC2C)c2ccccc12. The van der Waals surface area contributed by atoms with Crippen LogP contribution in [0.15, 0.2) is 36.4 Å². The quantitative estimate of drug-likeness (QED) is 0.799. The van der Waals surface area contributed by atoms with Crippen LogP contribution in [0.2, 0.25) is 0 Å². The van der Waals surface area contributed by atoms with E-state index in [1.807, 2.05) is 47.9 Å². The summed E-state index contributed by atoms with van der Waals surface area (Å²) in [5.41, 5.74) is 1.38. The Kier molecular flexibility index (Phi) is 2.76. The number of fused-ring (bicyclic) bond motifs is 1. The molecule has 4 rings (SSSR count). The van der Waals surface area contributed by atoms with Crippen LogP contribution >= 0.6 is 0 Å². The monoisotopic (exact) mass is 294 g/mol. The van der Waals surface area contributed by atoms with E-state index < -0.39 is 0 Å². The Morgan fingerprint density at radius 1 is 0.818 bits per heavy atom. The highest BCUT2D eigenvalue weighted by Gasteiger charge is 2.37. The second-order valence-electron chi connectivity index (χ2n) is 6.32. The van der Waals surface area contributed by atoms with Gasteiger partial charge in [0.2, 0.25) is 0 Å². The van der Waals surface area contributed by atoms with Gasteiger partial charge >= 0.3 is 0 Å². The van der Waals surface area contributed by atoms with Crippen molar-refractivity contribution in [2.24, 2.45) is 0 Å². The van der Waals surface area contributed by atoms with Crippen LogP contribution in [0, 0.1) is 0 Å². The minimum Gasteiger partial charge on any atom is -0.332 e. The first kappa shape index (κ1) is 13.3. The molecule has 2 atom stereocenters. The number of carbonyl (C=O) groups excluding carboxylic acids is 2. The van der Waals surface area contributed by atoms with Crippen LogP contribution in [0.1, 0.15) is 34.6 Å². The molecule has 4 nitrogen and oxygen atoms in total. The first-order valence-corrected chi connectivity index (χ1v) is 7.71. The van der Waals surface area contributed by atoms with Crippen molar-refractivity contribution in [3.05, 3.63) is 47.5 Å². The van der Waals surface area contributed by atoms with Gasteiger partial charge in [-0.15, -0.1) is 0 Å². The number of rotatable bonds is 2. The molecule has 2 amide bonds. The molecule has 0 N–H and O–H groups in total. The highest BCUT2D eigenvalue weighted by Crippen LogP contribution is 2.30. The highest BCUT2D eigenvalue weighted by molar-refractivity contribution is 6.14. The number of nitrogens with zero attached hydrogens (tertiary/aromatic N) is 2. The van der Waals surface area contributed by atoms with Crippen molar-refractivity contribution in [1.82, 2.24) is 9.80 Å². The van der Waals surface area contributed by atoms with Crippen LogP contribution in [-0.4, -0.2) is 46.8 Å². The number of hydrogen-bond donors (Lipinski definition) is 0. The predicted octanol–water partition coefficient (Wildman–Crippen LogP) is 2.53. The van der Waals surface area contributed by atoms with E-state index in [4.69, 9.17) is 0 Å². The maximum atomic E-state index is 12.5. The zero-order valence-electron chi connectivity index (χ0n) is 12.7. The van der Waals surface area contributed by atoms with Gasteiger partial charge in [-0.05, 0) is 36.8 Å². The number of amides is 2. The Balaban J connectivity index is 1.81. The molecule has 0 saturated carbocycles. The lowest BCUT2D eigenvalue weighted by Gasteiger charge is -2.11. The van der Waals surface area contributed by atoms with Crippen LogP contribution in [0.25, 0.3) is 10.8 Å². The van der Waals surface area contributed by atoms with E-state index in [9.17, 15) is 9.59 Å². The molecule has 2 heterocycles. The minimum atomic E-state index is 0.0581. The fourth-order valence-corrected chi connectivity index (χ4v) is 3.02. The average molecular weight is 294 g/mol. The van der Waals surface area contributed by atoms with Gasteiger partial charge in [0.05, 0.1) is 0 Å². The molecule has 22 heavy (non-hydrogen) atoms. The van der Waals surface area contributed by atoms with Crippen LogP contribution in [0.5, 0.6) is 0 Å². The largest absolute Gasteiger partial charge is 0.332 e. The summed E-state index contributed by atoms with van der Waals surface area (Å²) in [5, 5.41) is 1.74. The number of hydrogen-bond acceptors (Lipinski definition) is 2. The average Bonchev–Trinajstić information content (AvgIpc) is 3.43. The van der Waals surface area contributed by atoms with E-state index in [-0.39, 0.29) is 11.8 Å². The summed E-state index contributed by atoms with van der Waals surface area (Å²) in [7, 11) is 0. The summed E-state index contributed by atoms with van der Waals surface area (Å²) in [4.78, 5) is 28.8. The van der Waals surface area contributed by atoms with Gasteiger partial charge in [-0.1, -0.05) is 24.3 Å². The van der Waals surface area contributed by atoms with Crippen LogP contribution < -0.4 is 0 Å². The molecular formula is C18H18N2O2. The fourth-order valence-electron chi connectivity index (χ4n) is 3.02. The second kappa shape index (κ2) is 4.57. The third-order valence-electron chi connectivity index (χ3n) is 4.63. The lowest BCUT2D eigenvalue weighted by Crippen LogP contribution is -2.16. The molecule has 4 heteroatoms. The summed E-state index contributed by atoms with van der Waals surface area (Å²) in [6.07, 6.45) is 0. The van der Waals surface area contributed by atoms with Gasteiger partial charge in [0, 0.05) is 36.3 Å². The van der Waals surface area contributed by atoms with Crippen molar-refractivity contribution >= 4 is 22.6 Å². The van der Waals surface area contributed by atoms with Gasteiger partial charge in [0.25, 0.3) is 11.8 Å². The molecule has 2 aliphatic heterocycles. The van der Waals surface area contributed by atoms with Gasteiger partial charge in [-0.2, -0.15) is 0 Å². The molecule has 2 fully saturated rings. The maximum absolute atomic E-state index is 12.5. The Bertz CT molecular complexity index is 732. The van der Waals surface area contributed by atoms with Gasteiger partial charge in [-0.25, -0.2) is 0 Å². The predicted molar refractivity (Wildman–Crippen MR) is 84.9 cm³/mol. The molecule has 0 spiro atoms.